The average molecular weight is 264 g/mol. The van der Waals surface area contributed by atoms with Crippen LogP contribution in [0.25, 0.3) is 11.1 Å². The second-order valence-corrected chi connectivity index (χ2v) is 4.16. The monoisotopic (exact) mass is 264 g/mol. The Morgan fingerprint density at radius 2 is 1.74 bits per heavy atom. The number of hydrogen-bond donors (Lipinski definition) is 3. The highest BCUT2D eigenvalue weighted by atomic mass is 16.5. The fourth-order valence-corrected chi connectivity index (χ4v) is 2.01. The van der Waals surface area contributed by atoms with Gasteiger partial charge in [-0.25, -0.2) is 5.32 Å². The number of nitrogens with one attached hydrogen (secondary N) is 3. The van der Waals surface area contributed by atoms with Crippen molar-refractivity contribution in [2.24, 2.45) is 0 Å². The van der Waals surface area contributed by atoms with Gasteiger partial charge in [-0.15, -0.1) is 0 Å². The van der Waals surface area contributed by atoms with Crippen molar-refractivity contribution in [3.63, 3.8) is 0 Å². The van der Waals surface area contributed by atoms with E-state index in [1.54, 1.807) is 6.07 Å². The van der Waals surface area contributed by atoms with Crippen molar-refractivity contribution >= 4 is 28.5 Å². The van der Waals surface area contributed by atoms with Crippen molar-refractivity contribution in [2.45, 2.75) is 20.8 Å². The van der Waals surface area contributed by atoms with Crippen molar-refractivity contribution in [1.29, 1.82) is 0 Å². The SMILES string of the molecule is CCNc1cc(NCC)c2oc(NCC)[n+]([O-])c2c1. The third kappa shape index (κ3) is 2.52. The van der Waals surface area contributed by atoms with Gasteiger partial charge < -0.3 is 20.3 Å². The number of anilines is 3. The van der Waals surface area contributed by atoms with Crippen LogP contribution in [-0.4, -0.2) is 19.6 Å². The summed E-state index contributed by atoms with van der Waals surface area (Å²) in [6, 6.07) is 3.98. The predicted octanol–water partition coefficient (Wildman–Crippen LogP) is 2.36. The Morgan fingerprint density at radius 3 is 2.37 bits per heavy atom. The van der Waals surface area contributed by atoms with Gasteiger partial charge in [-0.2, -0.15) is 4.73 Å². The summed E-state index contributed by atoms with van der Waals surface area (Å²) < 4.78 is 6.40. The van der Waals surface area contributed by atoms with E-state index >= 15 is 0 Å². The molecular formula is C13H20N4O2. The van der Waals surface area contributed by atoms with E-state index in [-0.39, 0.29) is 6.01 Å². The van der Waals surface area contributed by atoms with Gasteiger partial charge in [-0.05, 0) is 26.8 Å². The van der Waals surface area contributed by atoms with Gasteiger partial charge >= 0.3 is 6.01 Å². The molecule has 1 aromatic heterocycles. The molecule has 19 heavy (non-hydrogen) atoms. The lowest BCUT2D eigenvalue weighted by molar-refractivity contribution is -0.566. The lowest BCUT2D eigenvalue weighted by Crippen LogP contribution is -2.28. The first-order chi connectivity index (χ1) is 9.21. The third-order valence-electron chi connectivity index (χ3n) is 2.75. The Hall–Kier alpha value is -2.11. The lowest BCUT2D eigenvalue weighted by Gasteiger charge is -2.08. The second kappa shape index (κ2) is 5.69. The molecule has 0 radical (unpaired) electrons. The van der Waals surface area contributed by atoms with Crippen molar-refractivity contribution in [2.75, 3.05) is 35.6 Å². The third-order valence-corrected chi connectivity index (χ3v) is 2.75. The summed E-state index contributed by atoms with van der Waals surface area (Å²) >= 11 is 0. The Balaban J connectivity index is 2.58. The summed E-state index contributed by atoms with van der Waals surface area (Å²) in [4.78, 5) is 0. The molecule has 0 aliphatic carbocycles. The molecule has 0 saturated heterocycles. The average Bonchev–Trinajstić information content (AvgIpc) is 2.69. The van der Waals surface area contributed by atoms with Crippen LogP contribution >= 0.6 is 0 Å². The molecule has 6 heteroatoms. The first kappa shape index (κ1) is 13.3. The first-order valence-electron chi connectivity index (χ1n) is 6.62. The molecule has 0 unspecified atom stereocenters. The molecule has 1 aromatic carbocycles. The summed E-state index contributed by atoms with van der Waals surface area (Å²) in [5, 5.41) is 21.5. The van der Waals surface area contributed by atoms with Gasteiger partial charge in [0.2, 0.25) is 5.58 Å². The minimum atomic E-state index is 0.227. The van der Waals surface area contributed by atoms with Crippen LogP contribution in [0.1, 0.15) is 20.8 Å². The highest BCUT2D eigenvalue weighted by molar-refractivity contribution is 5.88. The molecule has 0 atom stereocenters. The molecule has 0 amide bonds. The van der Waals surface area contributed by atoms with E-state index in [4.69, 9.17) is 4.42 Å². The zero-order valence-corrected chi connectivity index (χ0v) is 11.5. The fraction of sp³-hybridized carbons (Fsp3) is 0.462. The molecule has 2 rings (SSSR count). The molecule has 0 fully saturated rings. The first-order valence-corrected chi connectivity index (χ1v) is 6.62. The molecule has 0 spiro atoms. The summed E-state index contributed by atoms with van der Waals surface area (Å²) in [6.07, 6.45) is 0. The maximum absolute atomic E-state index is 12.1. The van der Waals surface area contributed by atoms with Crippen LogP contribution in [0.2, 0.25) is 0 Å². The molecule has 0 saturated carbocycles. The molecule has 2 aromatic rings. The highest BCUT2D eigenvalue weighted by Crippen LogP contribution is 2.29. The van der Waals surface area contributed by atoms with Gasteiger partial charge in [-0.1, -0.05) is 0 Å². The summed E-state index contributed by atoms with van der Waals surface area (Å²) in [6.45, 7) is 8.14. The number of nitrogens with zero attached hydrogens (tertiary/aromatic N) is 1. The largest absolute Gasteiger partial charge is 0.708 e. The number of hydrogen-bond acceptors (Lipinski definition) is 5. The van der Waals surface area contributed by atoms with Gasteiger partial charge in [-0.3, -0.25) is 0 Å². The molecule has 6 nitrogen and oxygen atoms in total. The maximum Gasteiger partial charge on any atom is 0.458 e. The molecule has 3 N–H and O–H groups in total. The maximum atomic E-state index is 12.1. The van der Waals surface area contributed by atoms with Gasteiger partial charge in [0.1, 0.15) is 0 Å². The van der Waals surface area contributed by atoms with Crippen LogP contribution in [0.3, 0.4) is 0 Å². The lowest BCUT2D eigenvalue weighted by atomic mass is 10.2. The van der Waals surface area contributed by atoms with Crippen LogP contribution in [0.4, 0.5) is 17.4 Å². The minimum absolute atomic E-state index is 0.227. The van der Waals surface area contributed by atoms with Gasteiger partial charge in [0.25, 0.3) is 0 Å². The fourth-order valence-electron chi connectivity index (χ4n) is 2.01. The van der Waals surface area contributed by atoms with E-state index in [0.717, 1.165) is 29.2 Å². The van der Waals surface area contributed by atoms with Crippen LogP contribution in [0.5, 0.6) is 0 Å². The number of aromatic nitrogens is 1. The van der Waals surface area contributed by atoms with Gasteiger partial charge in [0.05, 0.1) is 12.2 Å². The van der Waals surface area contributed by atoms with E-state index in [9.17, 15) is 5.21 Å². The predicted molar refractivity (Wildman–Crippen MR) is 77.7 cm³/mol. The van der Waals surface area contributed by atoms with Crippen LogP contribution in [0.15, 0.2) is 16.5 Å². The van der Waals surface area contributed by atoms with E-state index in [1.807, 2.05) is 26.8 Å². The van der Waals surface area contributed by atoms with Crippen LogP contribution < -0.4 is 20.7 Å². The number of fused-ring (bicyclic) bond motifs is 1. The number of benzene rings is 1. The Morgan fingerprint density at radius 1 is 1.05 bits per heavy atom. The zero-order chi connectivity index (χ0) is 13.8. The van der Waals surface area contributed by atoms with Crippen LogP contribution in [0, 0.1) is 5.21 Å². The van der Waals surface area contributed by atoms with E-state index in [2.05, 4.69) is 16.0 Å². The molecule has 104 valence electrons. The zero-order valence-electron chi connectivity index (χ0n) is 11.5. The van der Waals surface area contributed by atoms with Gasteiger partial charge in [0.15, 0.2) is 5.52 Å². The standard InChI is InChI=1S/C13H20N4O2/c1-4-14-9-7-10(15-5-2)12-11(8-9)17(18)13(19-12)16-6-3/h7-8,14-16H,4-6H2,1-3H3. The summed E-state index contributed by atoms with van der Waals surface area (Å²) in [5.74, 6) is 0. The van der Waals surface area contributed by atoms with Gasteiger partial charge in [0, 0.05) is 24.8 Å². The molecule has 1 heterocycles. The van der Waals surface area contributed by atoms with Crippen molar-refractivity contribution in [1.82, 2.24) is 0 Å². The number of rotatable bonds is 6. The van der Waals surface area contributed by atoms with E-state index in [0.29, 0.717) is 17.6 Å². The minimum Gasteiger partial charge on any atom is -0.708 e. The van der Waals surface area contributed by atoms with E-state index < -0.39 is 0 Å². The summed E-state index contributed by atoms with van der Waals surface area (Å²) in [5.41, 5.74) is 2.82. The van der Waals surface area contributed by atoms with Crippen molar-refractivity contribution in [3.05, 3.63) is 17.3 Å². The van der Waals surface area contributed by atoms with Crippen molar-refractivity contribution < 1.29 is 9.15 Å². The molecular weight excluding hydrogens is 244 g/mol. The number of oxazole rings is 1. The van der Waals surface area contributed by atoms with Crippen LogP contribution in [-0.2, 0) is 0 Å². The topological polar surface area (TPSA) is 76.2 Å². The molecule has 0 bridgehead atoms. The Kier molecular flexibility index (Phi) is 3.99. The normalized spacial score (nSPS) is 10.7. The second-order valence-electron chi connectivity index (χ2n) is 4.16. The Bertz CT molecular complexity index is 565. The molecule has 0 aliphatic rings. The Labute approximate surface area is 112 Å². The smallest absolute Gasteiger partial charge is 0.458 e. The summed E-state index contributed by atoms with van der Waals surface area (Å²) in [7, 11) is 0. The van der Waals surface area contributed by atoms with Crippen molar-refractivity contribution in [3.8, 4) is 0 Å². The quantitative estimate of drug-likeness (QED) is 0.551. The molecule has 0 aliphatic heterocycles. The van der Waals surface area contributed by atoms with E-state index in [1.165, 1.54) is 0 Å². The highest BCUT2D eigenvalue weighted by Gasteiger charge is 2.18.